The molecule has 4 aromatic carbocycles. The van der Waals surface area contributed by atoms with Crippen LogP contribution in [0.1, 0.15) is 5.56 Å². The van der Waals surface area contributed by atoms with Gasteiger partial charge < -0.3 is 4.74 Å². The van der Waals surface area contributed by atoms with Crippen LogP contribution in [0.15, 0.2) is 136 Å². The Morgan fingerprint density at radius 2 is 1.12 bits per heavy atom. The van der Waals surface area contributed by atoms with E-state index in [1.807, 2.05) is 121 Å². The summed E-state index contributed by atoms with van der Waals surface area (Å²) in [5.41, 5.74) is 1.78. The van der Waals surface area contributed by atoms with E-state index in [1.54, 1.807) is 0 Å². The van der Waals surface area contributed by atoms with Crippen LogP contribution in [0.4, 0.5) is 0 Å². The maximum Gasteiger partial charge on any atom is 0.240 e. The first-order chi connectivity index (χ1) is 16.3. The molecule has 0 spiro atoms. The molecule has 1 heterocycles. The van der Waals surface area contributed by atoms with Gasteiger partial charge >= 0.3 is 0 Å². The van der Waals surface area contributed by atoms with Crippen molar-refractivity contribution in [2.45, 2.75) is 0 Å². The molecule has 5 rings (SSSR count). The van der Waals surface area contributed by atoms with Gasteiger partial charge in [-0.05, 0) is 12.1 Å². The minimum Gasteiger partial charge on any atom is -0.438 e. The third kappa shape index (κ3) is 4.03. The molecule has 4 nitrogen and oxygen atoms in total. The zero-order chi connectivity index (χ0) is 22.5. The molecule has 1 aliphatic heterocycles. The van der Waals surface area contributed by atoms with E-state index in [9.17, 15) is 5.26 Å². The number of nitriles is 1. The normalized spacial score (nSPS) is 14.6. The molecule has 33 heavy (non-hydrogen) atoms. The minimum atomic E-state index is -2.68. The minimum absolute atomic E-state index is 0.290. The number of ether oxygens (including phenoxy) is 1. The van der Waals surface area contributed by atoms with Crippen LogP contribution in [0.5, 0.6) is 5.75 Å². The van der Waals surface area contributed by atoms with Crippen molar-refractivity contribution < 1.29 is 4.74 Å². The van der Waals surface area contributed by atoms with E-state index >= 15 is 0 Å². The lowest BCUT2D eigenvalue weighted by atomic mass is 10.1. The predicted octanol–water partition coefficient (Wildman–Crippen LogP) is 6.18. The Morgan fingerprint density at radius 3 is 1.64 bits per heavy atom. The van der Waals surface area contributed by atoms with Crippen LogP contribution in [-0.4, -0.2) is 5.90 Å². The highest BCUT2D eigenvalue weighted by Crippen LogP contribution is 2.54. The zero-order valence-corrected chi connectivity index (χ0v) is 18.6. The van der Waals surface area contributed by atoms with E-state index in [0.29, 0.717) is 22.9 Å². The van der Waals surface area contributed by atoms with Gasteiger partial charge in [0.15, 0.2) is 0 Å². The van der Waals surface area contributed by atoms with Gasteiger partial charge in [0.1, 0.15) is 24.6 Å². The van der Waals surface area contributed by atoms with Crippen LogP contribution in [0.3, 0.4) is 0 Å². The SMILES string of the molecule is N#CC1=C(c2ccccc2)N=P(c2ccccc2)(c2ccccc2)N=C1Oc1ccccc1. The summed E-state index contributed by atoms with van der Waals surface area (Å²) in [6, 6.07) is 41.7. The average molecular weight is 445 g/mol. The van der Waals surface area contributed by atoms with Gasteiger partial charge in [-0.2, -0.15) is 10.0 Å². The van der Waals surface area contributed by atoms with Gasteiger partial charge in [0, 0.05) is 16.2 Å². The number of hydrogen-bond acceptors (Lipinski definition) is 4. The molecule has 0 saturated carbocycles. The fourth-order valence-corrected chi connectivity index (χ4v) is 6.61. The van der Waals surface area contributed by atoms with E-state index in [0.717, 1.165) is 16.2 Å². The standard InChI is InChI=1S/C28H20N3OP/c29-21-26-27(22-13-5-1-6-14-22)30-33(24-17-9-3-10-18-24,25-19-11-4-12-20-25)31-28(26)32-23-15-7-2-8-16-23/h1-20H. The van der Waals surface area contributed by atoms with Gasteiger partial charge in [-0.25, -0.2) is 4.74 Å². The number of para-hydroxylation sites is 1. The highest BCUT2D eigenvalue weighted by Gasteiger charge is 2.33. The molecule has 0 bridgehead atoms. The fraction of sp³-hybridized carbons (Fsp3) is 0. The number of nitrogens with zero attached hydrogens (tertiary/aromatic N) is 3. The molecule has 0 saturated heterocycles. The van der Waals surface area contributed by atoms with Crippen molar-refractivity contribution in [2.24, 2.45) is 9.51 Å². The van der Waals surface area contributed by atoms with Crippen molar-refractivity contribution in [3.63, 3.8) is 0 Å². The molecule has 0 unspecified atom stereocenters. The van der Waals surface area contributed by atoms with Gasteiger partial charge in [-0.15, -0.1) is 0 Å². The fourth-order valence-electron chi connectivity index (χ4n) is 3.72. The van der Waals surface area contributed by atoms with Gasteiger partial charge in [0.05, 0.1) is 5.70 Å². The maximum atomic E-state index is 10.2. The largest absolute Gasteiger partial charge is 0.438 e. The predicted molar refractivity (Wildman–Crippen MR) is 135 cm³/mol. The summed E-state index contributed by atoms with van der Waals surface area (Å²) in [4.78, 5) is 0. The highest BCUT2D eigenvalue weighted by atomic mass is 31.2. The molecule has 0 aromatic heterocycles. The van der Waals surface area contributed by atoms with Crippen LogP contribution in [0.25, 0.3) is 5.70 Å². The topological polar surface area (TPSA) is 57.7 Å². The number of benzene rings is 4. The summed E-state index contributed by atoms with van der Waals surface area (Å²) in [5.74, 6) is 0.913. The molecular weight excluding hydrogens is 425 g/mol. The number of rotatable bonds is 4. The Balaban J connectivity index is 1.85. The third-order valence-electron chi connectivity index (χ3n) is 5.28. The van der Waals surface area contributed by atoms with E-state index in [4.69, 9.17) is 14.2 Å². The Morgan fingerprint density at radius 1 is 0.636 bits per heavy atom. The highest BCUT2D eigenvalue weighted by molar-refractivity contribution is 7.80. The molecule has 0 fully saturated rings. The molecule has 0 atom stereocenters. The Labute approximate surface area is 193 Å². The van der Waals surface area contributed by atoms with Gasteiger partial charge in [-0.3, -0.25) is 0 Å². The second kappa shape index (κ2) is 9.12. The third-order valence-corrected chi connectivity index (χ3v) is 8.28. The quantitative estimate of drug-likeness (QED) is 0.352. The average Bonchev–Trinajstić information content (AvgIpc) is 2.90. The monoisotopic (exact) mass is 445 g/mol. The van der Waals surface area contributed by atoms with Crippen LogP contribution in [-0.2, 0) is 0 Å². The lowest BCUT2D eigenvalue weighted by Gasteiger charge is -2.27. The second-order valence-electron chi connectivity index (χ2n) is 7.39. The Hall–Kier alpha value is -4.19. The second-order valence-corrected chi connectivity index (χ2v) is 10.0. The van der Waals surface area contributed by atoms with Gasteiger partial charge in [0.2, 0.25) is 5.90 Å². The van der Waals surface area contributed by atoms with E-state index in [2.05, 4.69) is 6.07 Å². The molecule has 4 aromatic rings. The summed E-state index contributed by atoms with van der Waals surface area (Å²) in [5, 5.41) is 12.2. The summed E-state index contributed by atoms with van der Waals surface area (Å²) in [7, 11) is -2.68. The maximum absolute atomic E-state index is 10.2. The van der Waals surface area contributed by atoms with E-state index < -0.39 is 7.21 Å². The van der Waals surface area contributed by atoms with Crippen LogP contribution in [0, 0.1) is 11.3 Å². The molecule has 5 heteroatoms. The molecule has 0 radical (unpaired) electrons. The van der Waals surface area contributed by atoms with Crippen LogP contribution >= 0.6 is 7.21 Å². The summed E-state index contributed by atoms with van der Waals surface area (Å²) in [6.07, 6.45) is 0. The van der Waals surface area contributed by atoms with Crippen LogP contribution < -0.4 is 15.3 Å². The van der Waals surface area contributed by atoms with Crippen molar-refractivity contribution >= 4 is 29.4 Å². The molecule has 0 amide bonds. The van der Waals surface area contributed by atoms with Gasteiger partial charge in [-0.1, -0.05) is 109 Å². The summed E-state index contributed by atoms with van der Waals surface area (Å²) < 4.78 is 16.7. The Kier molecular flexibility index (Phi) is 5.72. The first kappa shape index (κ1) is 20.7. The van der Waals surface area contributed by atoms with E-state index in [-0.39, 0.29) is 0 Å². The van der Waals surface area contributed by atoms with Crippen LogP contribution in [0.2, 0.25) is 0 Å². The summed E-state index contributed by atoms with van der Waals surface area (Å²) >= 11 is 0. The van der Waals surface area contributed by atoms with Crippen molar-refractivity contribution in [1.82, 2.24) is 0 Å². The van der Waals surface area contributed by atoms with E-state index in [1.165, 1.54) is 0 Å². The lowest BCUT2D eigenvalue weighted by molar-refractivity contribution is 0.554. The van der Waals surface area contributed by atoms with Crippen molar-refractivity contribution in [3.05, 3.63) is 132 Å². The molecule has 0 N–H and O–H groups in total. The zero-order valence-electron chi connectivity index (χ0n) is 17.7. The molecule has 158 valence electrons. The lowest BCUT2D eigenvalue weighted by Crippen LogP contribution is -2.22. The van der Waals surface area contributed by atoms with Gasteiger partial charge in [0.25, 0.3) is 0 Å². The smallest absolute Gasteiger partial charge is 0.240 e. The van der Waals surface area contributed by atoms with Crippen molar-refractivity contribution in [1.29, 1.82) is 5.26 Å². The molecule has 0 aliphatic carbocycles. The first-order valence-electron chi connectivity index (χ1n) is 10.6. The molecular formula is C28H20N3OP. The first-order valence-corrected chi connectivity index (χ1v) is 12.3. The number of hydrogen-bond donors (Lipinski definition) is 0. The Bertz CT molecular complexity index is 1380. The molecule has 1 aliphatic rings. The van der Waals surface area contributed by atoms with Crippen molar-refractivity contribution in [3.8, 4) is 11.8 Å². The summed E-state index contributed by atoms with van der Waals surface area (Å²) in [6.45, 7) is 0. The van der Waals surface area contributed by atoms with Crippen molar-refractivity contribution in [2.75, 3.05) is 0 Å².